The second-order valence-corrected chi connectivity index (χ2v) is 7.28. The Balaban J connectivity index is 1.72. The van der Waals surface area contributed by atoms with E-state index in [2.05, 4.69) is 48.2 Å². The van der Waals surface area contributed by atoms with E-state index in [1.165, 1.54) is 5.56 Å². The first-order valence-electron chi connectivity index (χ1n) is 9.60. The van der Waals surface area contributed by atoms with Crippen molar-refractivity contribution in [2.75, 3.05) is 0 Å². The molecule has 0 aliphatic carbocycles. The van der Waals surface area contributed by atoms with Crippen LogP contribution in [0.2, 0.25) is 0 Å². The van der Waals surface area contributed by atoms with Crippen LogP contribution in [0, 0.1) is 0 Å². The van der Waals surface area contributed by atoms with Gasteiger partial charge < -0.3 is 0 Å². The van der Waals surface area contributed by atoms with E-state index in [1.54, 1.807) is 0 Å². The molecular formula is C24H21N3O. The maximum atomic E-state index is 13.4. The number of hydrogen-bond acceptors (Lipinski definition) is 3. The van der Waals surface area contributed by atoms with Gasteiger partial charge in [0.1, 0.15) is 12.0 Å². The standard InChI is InChI=1S/C24H21N3O/c1-17-22-25-21-15-9-8-14-20(21)24(28)27(22)23(19-12-6-3-7-13-19)26(17)16-18-10-4-2-5-11-18/h2-15,17,23H,16H2,1H3. The summed E-state index contributed by atoms with van der Waals surface area (Å²) in [6.45, 7) is 2.89. The van der Waals surface area contributed by atoms with Gasteiger partial charge in [0, 0.05) is 6.54 Å². The van der Waals surface area contributed by atoms with Crippen molar-refractivity contribution in [2.24, 2.45) is 0 Å². The first-order chi connectivity index (χ1) is 13.7. The predicted octanol–water partition coefficient (Wildman–Crippen LogP) is 4.52. The molecule has 0 N–H and O–H groups in total. The maximum Gasteiger partial charge on any atom is 0.263 e. The van der Waals surface area contributed by atoms with Gasteiger partial charge in [-0.05, 0) is 30.2 Å². The highest BCUT2D eigenvalue weighted by molar-refractivity contribution is 5.77. The van der Waals surface area contributed by atoms with Crippen molar-refractivity contribution in [1.82, 2.24) is 14.5 Å². The van der Waals surface area contributed by atoms with Gasteiger partial charge in [-0.2, -0.15) is 0 Å². The molecule has 0 bridgehead atoms. The Labute approximate surface area is 163 Å². The van der Waals surface area contributed by atoms with Crippen LogP contribution in [0.4, 0.5) is 0 Å². The van der Waals surface area contributed by atoms with Crippen LogP contribution in [0.25, 0.3) is 10.9 Å². The molecule has 4 heteroatoms. The van der Waals surface area contributed by atoms with Gasteiger partial charge in [-0.1, -0.05) is 72.8 Å². The molecule has 2 heterocycles. The minimum absolute atomic E-state index is 0.0249. The number of rotatable bonds is 3. The molecule has 1 aliphatic rings. The monoisotopic (exact) mass is 367 g/mol. The average molecular weight is 367 g/mol. The Bertz CT molecular complexity index is 1180. The molecule has 1 aromatic heterocycles. The van der Waals surface area contributed by atoms with Crippen LogP contribution in [0.15, 0.2) is 89.7 Å². The van der Waals surface area contributed by atoms with Crippen LogP contribution >= 0.6 is 0 Å². The van der Waals surface area contributed by atoms with Gasteiger partial charge in [0.15, 0.2) is 0 Å². The number of hydrogen-bond donors (Lipinski definition) is 0. The van der Waals surface area contributed by atoms with E-state index in [9.17, 15) is 4.79 Å². The molecule has 0 spiro atoms. The molecule has 2 atom stereocenters. The molecule has 4 aromatic rings. The predicted molar refractivity (Wildman–Crippen MR) is 111 cm³/mol. The average Bonchev–Trinajstić information content (AvgIpc) is 3.02. The van der Waals surface area contributed by atoms with Crippen LogP contribution in [0.5, 0.6) is 0 Å². The number of benzene rings is 3. The van der Waals surface area contributed by atoms with Crippen LogP contribution in [-0.2, 0) is 6.54 Å². The van der Waals surface area contributed by atoms with E-state index < -0.39 is 0 Å². The first-order valence-corrected chi connectivity index (χ1v) is 9.60. The van der Waals surface area contributed by atoms with Crippen LogP contribution < -0.4 is 5.56 Å². The lowest BCUT2D eigenvalue weighted by atomic mass is 10.1. The molecule has 3 aromatic carbocycles. The minimum Gasteiger partial charge on any atom is -0.274 e. The zero-order valence-corrected chi connectivity index (χ0v) is 15.7. The lowest BCUT2D eigenvalue weighted by Gasteiger charge is -2.28. The second kappa shape index (κ2) is 6.73. The summed E-state index contributed by atoms with van der Waals surface area (Å²) in [4.78, 5) is 20.7. The van der Waals surface area contributed by atoms with Crippen molar-refractivity contribution in [3.05, 3.63) is 112 Å². The molecule has 0 radical (unpaired) electrons. The Morgan fingerprint density at radius 2 is 1.50 bits per heavy atom. The van der Waals surface area contributed by atoms with Crippen molar-refractivity contribution >= 4 is 10.9 Å². The van der Waals surface area contributed by atoms with Crippen LogP contribution in [-0.4, -0.2) is 14.5 Å². The molecule has 2 unspecified atom stereocenters. The number of fused-ring (bicyclic) bond motifs is 2. The van der Waals surface area contributed by atoms with Crippen LogP contribution in [0.1, 0.15) is 36.1 Å². The van der Waals surface area contributed by atoms with Crippen molar-refractivity contribution in [3.63, 3.8) is 0 Å². The second-order valence-electron chi connectivity index (χ2n) is 7.28. The molecule has 0 saturated carbocycles. The van der Waals surface area contributed by atoms with Crippen molar-refractivity contribution in [2.45, 2.75) is 25.7 Å². The maximum absolute atomic E-state index is 13.4. The van der Waals surface area contributed by atoms with Gasteiger partial charge in [-0.3, -0.25) is 14.3 Å². The third-order valence-corrected chi connectivity index (χ3v) is 5.57. The normalized spacial score (nSPS) is 19.0. The molecule has 0 saturated heterocycles. The quantitative estimate of drug-likeness (QED) is 0.534. The summed E-state index contributed by atoms with van der Waals surface area (Å²) in [7, 11) is 0. The van der Waals surface area contributed by atoms with E-state index in [0.29, 0.717) is 5.39 Å². The van der Waals surface area contributed by atoms with Gasteiger partial charge in [0.25, 0.3) is 5.56 Å². The molecule has 0 amide bonds. The third-order valence-electron chi connectivity index (χ3n) is 5.57. The Morgan fingerprint density at radius 3 is 2.25 bits per heavy atom. The first kappa shape index (κ1) is 16.9. The zero-order chi connectivity index (χ0) is 19.1. The van der Waals surface area contributed by atoms with Crippen molar-refractivity contribution in [3.8, 4) is 0 Å². The Hall–Kier alpha value is -3.24. The van der Waals surface area contributed by atoms with Crippen LogP contribution in [0.3, 0.4) is 0 Å². The molecule has 0 fully saturated rings. The van der Waals surface area contributed by atoms with E-state index in [4.69, 9.17) is 4.98 Å². The molecule has 138 valence electrons. The highest BCUT2D eigenvalue weighted by Gasteiger charge is 2.39. The fraction of sp³-hybridized carbons (Fsp3) is 0.167. The van der Waals surface area contributed by atoms with Gasteiger partial charge in [0.2, 0.25) is 0 Å². The molecular weight excluding hydrogens is 346 g/mol. The summed E-state index contributed by atoms with van der Waals surface area (Å²) >= 11 is 0. The summed E-state index contributed by atoms with van der Waals surface area (Å²) < 4.78 is 1.88. The van der Waals surface area contributed by atoms with E-state index >= 15 is 0 Å². The topological polar surface area (TPSA) is 38.1 Å². The molecule has 4 nitrogen and oxygen atoms in total. The molecule has 5 rings (SSSR count). The molecule has 1 aliphatic heterocycles. The number of para-hydroxylation sites is 1. The van der Waals surface area contributed by atoms with E-state index in [-0.39, 0.29) is 17.8 Å². The van der Waals surface area contributed by atoms with Gasteiger partial charge in [-0.15, -0.1) is 0 Å². The van der Waals surface area contributed by atoms with Gasteiger partial charge in [-0.25, -0.2) is 4.98 Å². The van der Waals surface area contributed by atoms with Crippen molar-refractivity contribution in [1.29, 1.82) is 0 Å². The Kier molecular flexibility index (Phi) is 4.06. The number of aromatic nitrogens is 2. The van der Waals surface area contributed by atoms with Gasteiger partial charge in [0.05, 0.1) is 16.9 Å². The van der Waals surface area contributed by atoms with Crippen molar-refractivity contribution < 1.29 is 0 Å². The summed E-state index contributed by atoms with van der Waals surface area (Å²) in [6.07, 6.45) is -0.170. The summed E-state index contributed by atoms with van der Waals surface area (Å²) in [5.41, 5.74) is 3.11. The third kappa shape index (κ3) is 2.65. The summed E-state index contributed by atoms with van der Waals surface area (Å²) in [5, 5.41) is 0.668. The fourth-order valence-corrected chi connectivity index (χ4v) is 4.19. The minimum atomic E-state index is -0.170. The zero-order valence-electron chi connectivity index (χ0n) is 15.7. The lowest BCUT2D eigenvalue weighted by Crippen LogP contribution is -2.31. The largest absolute Gasteiger partial charge is 0.274 e. The Morgan fingerprint density at radius 1 is 0.857 bits per heavy atom. The fourth-order valence-electron chi connectivity index (χ4n) is 4.19. The number of nitrogens with zero attached hydrogens (tertiary/aromatic N) is 3. The highest BCUT2D eigenvalue weighted by Crippen LogP contribution is 2.39. The van der Waals surface area contributed by atoms with Gasteiger partial charge >= 0.3 is 0 Å². The van der Waals surface area contributed by atoms with E-state index in [1.807, 2.05) is 53.1 Å². The van der Waals surface area contributed by atoms with E-state index in [0.717, 1.165) is 23.4 Å². The summed E-state index contributed by atoms with van der Waals surface area (Å²) in [5.74, 6) is 0.827. The molecule has 28 heavy (non-hydrogen) atoms. The SMILES string of the molecule is CC1c2nc3ccccc3c(=O)n2C(c2ccccc2)N1Cc1ccccc1. The highest BCUT2D eigenvalue weighted by atomic mass is 16.1. The lowest BCUT2D eigenvalue weighted by molar-refractivity contribution is 0.159. The smallest absolute Gasteiger partial charge is 0.263 e. The summed E-state index contributed by atoms with van der Waals surface area (Å²) in [6, 6.07) is 28.3.